The summed E-state index contributed by atoms with van der Waals surface area (Å²) in [5.74, 6) is 0.778. The average Bonchev–Trinajstić information content (AvgIpc) is 3.23. The Morgan fingerprint density at radius 1 is 1.21 bits per heavy atom. The van der Waals surface area contributed by atoms with Crippen LogP contribution in [0.1, 0.15) is 12.7 Å². The van der Waals surface area contributed by atoms with E-state index in [0.29, 0.717) is 10.8 Å². The summed E-state index contributed by atoms with van der Waals surface area (Å²) >= 11 is 5.90. The largest absolute Gasteiger partial charge is 0.334 e. The van der Waals surface area contributed by atoms with Crippen molar-refractivity contribution in [1.29, 1.82) is 0 Å². The van der Waals surface area contributed by atoms with Gasteiger partial charge in [0.25, 0.3) is 5.89 Å². The van der Waals surface area contributed by atoms with Crippen LogP contribution in [0.25, 0.3) is 28.5 Å². The number of aryl methyl sites for hydroxylation is 1. The summed E-state index contributed by atoms with van der Waals surface area (Å²) in [6.07, 6.45) is 2.58. The lowest BCUT2D eigenvalue weighted by Gasteiger charge is -1.99. The molecule has 4 aromatic rings. The highest BCUT2D eigenvalue weighted by molar-refractivity contribution is 6.30. The zero-order valence-corrected chi connectivity index (χ0v) is 13.3. The smallest absolute Gasteiger partial charge is 0.261 e. The molecule has 0 spiro atoms. The van der Waals surface area contributed by atoms with Crippen LogP contribution in [0, 0.1) is 5.82 Å². The van der Waals surface area contributed by atoms with E-state index in [1.807, 2.05) is 29.7 Å². The van der Waals surface area contributed by atoms with Crippen molar-refractivity contribution in [2.24, 2.45) is 0 Å². The van der Waals surface area contributed by atoms with Crippen molar-refractivity contribution < 1.29 is 8.91 Å². The van der Waals surface area contributed by atoms with Gasteiger partial charge in [0.05, 0.1) is 5.56 Å². The van der Waals surface area contributed by atoms with Crippen LogP contribution >= 0.6 is 11.6 Å². The highest BCUT2D eigenvalue weighted by atomic mass is 35.5. The van der Waals surface area contributed by atoms with Crippen LogP contribution in [-0.4, -0.2) is 24.7 Å². The van der Waals surface area contributed by atoms with Crippen molar-refractivity contribution >= 4 is 17.2 Å². The maximum Gasteiger partial charge on any atom is 0.261 e. The molecule has 6 nitrogen and oxygen atoms in total. The number of hydrogen-bond donors (Lipinski definition) is 0. The summed E-state index contributed by atoms with van der Waals surface area (Å²) in [6, 6.07) is 7.80. The van der Waals surface area contributed by atoms with Crippen LogP contribution in [0.15, 0.2) is 41.1 Å². The number of pyridine rings is 1. The summed E-state index contributed by atoms with van der Waals surface area (Å²) in [5, 5.41) is 12.5. The Balaban J connectivity index is 1.78. The standard InChI is InChI=1S/C16H11ClFN5O/c1-2-13-20-21-14-6-3-9(8-23(13)14)15-19-16(24-22-15)11-7-10(17)4-5-12(11)18/h3-8H,2H2,1H3. The van der Waals surface area contributed by atoms with E-state index in [4.69, 9.17) is 16.1 Å². The molecule has 120 valence electrons. The molecule has 8 heteroatoms. The molecule has 0 aliphatic heterocycles. The summed E-state index contributed by atoms with van der Waals surface area (Å²) in [5.41, 5.74) is 1.62. The predicted molar refractivity (Wildman–Crippen MR) is 86.1 cm³/mol. The number of fused-ring (bicyclic) bond motifs is 1. The van der Waals surface area contributed by atoms with Crippen molar-refractivity contribution in [3.8, 4) is 22.8 Å². The number of hydrogen-bond acceptors (Lipinski definition) is 5. The van der Waals surface area contributed by atoms with E-state index in [2.05, 4.69) is 20.3 Å². The second-order valence-electron chi connectivity index (χ2n) is 5.16. The van der Waals surface area contributed by atoms with E-state index >= 15 is 0 Å². The molecule has 0 saturated carbocycles. The first-order valence-corrected chi connectivity index (χ1v) is 7.66. The number of halogens is 2. The lowest BCUT2D eigenvalue weighted by Crippen LogP contribution is -1.93. The summed E-state index contributed by atoms with van der Waals surface area (Å²) in [6.45, 7) is 2.00. The second kappa shape index (κ2) is 5.68. The number of aromatic nitrogens is 5. The SMILES string of the molecule is CCc1nnc2ccc(-c3noc(-c4cc(Cl)ccc4F)n3)cn12. The van der Waals surface area contributed by atoms with Gasteiger partial charge in [0.15, 0.2) is 5.65 Å². The molecule has 1 aromatic carbocycles. The van der Waals surface area contributed by atoms with Crippen molar-refractivity contribution in [3.05, 3.63) is 53.2 Å². The van der Waals surface area contributed by atoms with Crippen molar-refractivity contribution in [1.82, 2.24) is 24.7 Å². The van der Waals surface area contributed by atoms with Gasteiger partial charge < -0.3 is 4.52 Å². The van der Waals surface area contributed by atoms with Gasteiger partial charge in [-0.2, -0.15) is 4.98 Å². The topological polar surface area (TPSA) is 69.1 Å². The Labute approximate surface area is 140 Å². The number of rotatable bonds is 3. The maximum absolute atomic E-state index is 13.9. The van der Waals surface area contributed by atoms with E-state index in [9.17, 15) is 4.39 Å². The molecule has 0 bridgehead atoms. The van der Waals surface area contributed by atoms with Gasteiger partial charge in [-0.15, -0.1) is 10.2 Å². The minimum atomic E-state index is -0.475. The molecule has 3 heterocycles. The molecular weight excluding hydrogens is 333 g/mol. The van der Waals surface area contributed by atoms with Crippen molar-refractivity contribution in [2.75, 3.05) is 0 Å². The third-order valence-electron chi connectivity index (χ3n) is 3.63. The van der Waals surface area contributed by atoms with Gasteiger partial charge in [-0.3, -0.25) is 4.40 Å². The van der Waals surface area contributed by atoms with E-state index in [1.165, 1.54) is 18.2 Å². The molecule has 0 aliphatic rings. The second-order valence-corrected chi connectivity index (χ2v) is 5.60. The molecular formula is C16H11ClFN5O. The summed E-state index contributed by atoms with van der Waals surface area (Å²) in [7, 11) is 0. The van der Waals surface area contributed by atoms with Crippen LogP contribution in [0.4, 0.5) is 4.39 Å². The van der Waals surface area contributed by atoms with Gasteiger partial charge in [0, 0.05) is 23.2 Å². The monoisotopic (exact) mass is 343 g/mol. The lowest BCUT2D eigenvalue weighted by molar-refractivity contribution is 0.429. The normalized spacial score (nSPS) is 11.3. The molecule has 0 amide bonds. The molecule has 0 fully saturated rings. The molecule has 3 aromatic heterocycles. The first-order valence-electron chi connectivity index (χ1n) is 7.29. The van der Waals surface area contributed by atoms with Crippen LogP contribution in [0.3, 0.4) is 0 Å². The highest BCUT2D eigenvalue weighted by Gasteiger charge is 2.16. The van der Waals surface area contributed by atoms with Crippen LogP contribution in [-0.2, 0) is 6.42 Å². The van der Waals surface area contributed by atoms with Crippen molar-refractivity contribution in [2.45, 2.75) is 13.3 Å². The summed E-state index contributed by atoms with van der Waals surface area (Å²) in [4.78, 5) is 4.27. The molecule has 0 unspecified atom stereocenters. The predicted octanol–water partition coefficient (Wildman–Crippen LogP) is 3.80. The quantitative estimate of drug-likeness (QED) is 0.566. The third kappa shape index (κ3) is 2.43. The molecule has 24 heavy (non-hydrogen) atoms. The van der Waals surface area contributed by atoms with Gasteiger partial charge in [-0.05, 0) is 30.3 Å². The fourth-order valence-corrected chi connectivity index (χ4v) is 2.60. The first-order chi connectivity index (χ1) is 11.7. The maximum atomic E-state index is 13.9. The minimum Gasteiger partial charge on any atom is -0.334 e. The Bertz CT molecular complexity index is 1040. The zero-order valence-electron chi connectivity index (χ0n) is 12.6. The highest BCUT2D eigenvalue weighted by Crippen LogP contribution is 2.27. The van der Waals surface area contributed by atoms with E-state index < -0.39 is 5.82 Å². The van der Waals surface area contributed by atoms with Gasteiger partial charge in [0.1, 0.15) is 11.6 Å². The van der Waals surface area contributed by atoms with Gasteiger partial charge in [0.2, 0.25) is 5.82 Å². The molecule has 0 radical (unpaired) electrons. The van der Waals surface area contributed by atoms with Crippen molar-refractivity contribution in [3.63, 3.8) is 0 Å². The minimum absolute atomic E-state index is 0.0737. The summed E-state index contributed by atoms with van der Waals surface area (Å²) < 4.78 is 21.0. The lowest BCUT2D eigenvalue weighted by atomic mass is 10.2. The van der Waals surface area contributed by atoms with E-state index in [0.717, 1.165) is 23.5 Å². The molecule has 0 aliphatic carbocycles. The van der Waals surface area contributed by atoms with Crippen LogP contribution in [0.5, 0.6) is 0 Å². The Morgan fingerprint density at radius 3 is 2.92 bits per heavy atom. The average molecular weight is 344 g/mol. The number of benzene rings is 1. The zero-order chi connectivity index (χ0) is 16.7. The fraction of sp³-hybridized carbons (Fsp3) is 0.125. The first kappa shape index (κ1) is 14.8. The molecule has 4 rings (SSSR count). The Morgan fingerprint density at radius 2 is 2.08 bits per heavy atom. The molecule has 0 N–H and O–H groups in total. The number of nitrogens with zero attached hydrogens (tertiary/aromatic N) is 5. The van der Waals surface area contributed by atoms with Gasteiger partial charge in [-0.1, -0.05) is 23.7 Å². The molecule has 0 saturated heterocycles. The van der Waals surface area contributed by atoms with Gasteiger partial charge >= 0.3 is 0 Å². The van der Waals surface area contributed by atoms with Crippen LogP contribution < -0.4 is 0 Å². The Kier molecular flexibility index (Phi) is 3.50. The third-order valence-corrected chi connectivity index (χ3v) is 3.87. The Hall–Kier alpha value is -2.80. The van der Waals surface area contributed by atoms with Gasteiger partial charge in [-0.25, -0.2) is 4.39 Å². The van der Waals surface area contributed by atoms with E-state index in [1.54, 1.807) is 0 Å². The van der Waals surface area contributed by atoms with Crippen LogP contribution in [0.2, 0.25) is 5.02 Å². The van der Waals surface area contributed by atoms with E-state index in [-0.39, 0.29) is 11.5 Å². The molecule has 0 atom stereocenters. The fourth-order valence-electron chi connectivity index (χ4n) is 2.42.